The fraction of sp³-hybridized carbons (Fsp3) is 0.765. The molecular weight excluding hydrogens is 388 g/mol. The van der Waals surface area contributed by atoms with Gasteiger partial charge in [-0.05, 0) is 31.3 Å². The Balaban J connectivity index is 5.33. The highest BCUT2D eigenvalue weighted by atomic mass is 32.2. The van der Waals surface area contributed by atoms with Gasteiger partial charge in [0.2, 0.25) is 17.7 Å². The first-order chi connectivity index (χ1) is 13.1. The van der Waals surface area contributed by atoms with Crippen LogP contribution in [-0.4, -0.2) is 76.7 Å². The summed E-state index contributed by atoms with van der Waals surface area (Å²) < 4.78 is 0. The summed E-state index contributed by atoms with van der Waals surface area (Å²) in [5.41, 5.74) is 5.55. The van der Waals surface area contributed by atoms with E-state index in [-0.39, 0.29) is 12.3 Å². The van der Waals surface area contributed by atoms with Crippen LogP contribution < -0.4 is 21.7 Å². The van der Waals surface area contributed by atoms with E-state index < -0.39 is 54.5 Å². The predicted octanol–water partition coefficient (Wildman–Crippen LogP) is -1.34. The molecule has 7 N–H and O–H groups in total. The molecule has 0 aliphatic rings. The van der Waals surface area contributed by atoms with Gasteiger partial charge in [-0.2, -0.15) is 11.8 Å². The molecule has 0 aliphatic heterocycles. The van der Waals surface area contributed by atoms with E-state index in [1.807, 2.05) is 13.2 Å². The number of carbonyl (C=O) groups excluding carboxylic acids is 3. The number of hydrogen-bond donors (Lipinski definition) is 6. The average Bonchev–Trinajstić information content (AvgIpc) is 2.65. The minimum absolute atomic E-state index is 0.212. The molecule has 0 saturated heterocycles. The molecule has 11 heteroatoms. The smallest absolute Gasteiger partial charge is 0.328 e. The average molecular weight is 421 g/mol. The summed E-state index contributed by atoms with van der Waals surface area (Å²) in [4.78, 5) is 48.1. The molecule has 0 heterocycles. The highest BCUT2D eigenvalue weighted by Gasteiger charge is 2.31. The SMILES string of the molecule is CCC(C)C(NC(=O)C(C)N)C(=O)NC(CCSC)C(=O)NC(CO)C(=O)O. The lowest BCUT2D eigenvalue weighted by atomic mass is 9.97. The summed E-state index contributed by atoms with van der Waals surface area (Å²) in [6.45, 7) is 4.37. The molecule has 28 heavy (non-hydrogen) atoms. The first kappa shape index (κ1) is 26.1. The monoisotopic (exact) mass is 420 g/mol. The lowest BCUT2D eigenvalue weighted by Crippen LogP contribution is -2.58. The number of carboxylic acids is 1. The molecule has 0 bridgehead atoms. The topological polar surface area (TPSA) is 171 Å². The number of nitrogens with two attached hydrogens (primary N) is 1. The number of aliphatic carboxylic acids is 1. The Bertz CT molecular complexity index is 546. The number of nitrogens with one attached hydrogen (secondary N) is 3. The van der Waals surface area contributed by atoms with Gasteiger partial charge in [-0.1, -0.05) is 20.3 Å². The summed E-state index contributed by atoms with van der Waals surface area (Å²) in [5, 5.41) is 25.4. The van der Waals surface area contributed by atoms with Crippen molar-refractivity contribution in [1.82, 2.24) is 16.0 Å². The maximum Gasteiger partial charge on any atom is 0.328 e. The Morgan fingerprint density at radius 3 is 2.00 bits per heavy atom. The predicted molar refractivity (Wildman–Crippen MR) is 107 cm³/mol. The number of aliphatic hydroxyl groups is 1. The van der Waals surface area contributed by atoms with E-state index >= 15 is 0 Å². The third-order valence-corrected chi connectivity index (χ3v) is 4.89. The van der Waals surface area contributed by atoms with Crippen molar-refractivity contribution in [3.8, 4) is 0 Å². The normalized spacial score (nSPS) is 16.2. The van der Waals surface area contributed by atoms with Crippen molar-refractivity contribution >= 4 is 35.5 Å². The molecule has 0 spiro atoms. The van der Waals surface area contributed by atoms with Gasteiger partial charge in [-0.3, -0.25) is 14.4 Å². The number of hydrogen-bond acceptors (Lipinski definition) is 7. The molecule has 0 aliphatic carbocycles. The van der Waals surface area contributed by atoms with E-state index in [0.29, 0.717) is 12.2 Å². The van der Waals surface area contributed by atoms with Crippen molar-refractivity contribution in [3.05, 3.63) is 0 Å². The van der Waals surface area contributed by atoms with Gasteiger partial charge >= 0.3 is 5.97 Å². The Labute approximate surface area is 169 Å². The molecule has 0 radical (unpaired) electrons. The van der Waals surface area contributed by atoms with E-state index in [2.05, 4.69) is 16.0 Å². The van der Waals surface area contributed by atoms with Crippen LogP contribution in [0.4, 0.5) is 0 Å². The molecule has 0 aromatic carbocycles. The number of thioether (sulfide) groups is 1. The van der Waals surface area contributed by atoms with Crippen molar-refractivity contribution in [1.29, 1.82) is 0 Å². The highest BCUT2D eigenvalue weighted by Crippen LogP contribution is 2.10. The fourth-order valence-electron chi connectivity index (χ4n) is 2.21. The number of amides is 3. The number of carbonyl (C=O) groups is 4. The zero-order chi connectivity index (χ0) is 21.9. The van der Waals surface area contributed by atoms with Crippen molar-refractivity contribution in [3.63, 3.8) is 0 Å². The first-order valence-corrected chi connectivity index (χ1v) is 10.5. The maximum atomic E-state index is 12.7. The van der Waals surface area contributed by atoms with Crippen LogP contribution in [-0.2, 0) is 19.2 Å². The molecule has 0 saturated carbocycles. The van der Waals surface area contributed by atoms with Gasteiger partial charge in [0.15, 0.2) is 0 Å². The van der Waals surface area contributed by atoms with Crippen LogP contribution in [0.3, 0.4) is 0 Å². The minimum Gasteiger partial charge on any atom is -0.480 e. The molecule has 162 valence electrons. The van der Waals surface area contributed by atoms with Crippen molar-refractivity contribution in [2.24, 2.45) is 11.7 Å². The Morgan fingerprint density at radius 1 is 1.00 bits per heavy atom. The van der Waals surface area contributed by atoms with Gasteiger partial charge < -0.3 is 31.9 Å². The molecule has 0 rings (SSSR count). The second-order valence-electron chi connectivity index (χ2n) is 6.59. The van der Waals surface area contributed by atoms with Gasteiger partial charge in [0.05, 0.1) is 12.6 Å². The summed E-state index contributed by atoms with van der Waals surface area (Å²) >= 11 is 1.46. The van der Waals surface area contributed by atoms with Crippen LogP contribution in [0.2, 0.25) is 0 Å². The zero-order valence-corrected chi connectivity index (χ0v) is 17.5. The zero-order valence-electron chi connectivity index (χ0n) is 16.7. The molecule has 10 nitrogen and oxygen atoms in total. The second-order valence-corrected chi connectivity index (χ2v) is 7.57. The van der Waals surface area contributed by atoms with E-state index in [9.17, 15) is 19.2 Å². The maximum absolute atomic E-state index is 12.7. The highest BCUT2D eigenvalue weighted by molar-refractivity contribution is 7.98. The largest absolute Gasteiger partial charge is 0.480 e. The van der Waals surface area contributed by atoms with Gasteiger partial charge in [0.1, 0.15) is 18.1 Å². The van der Waals surface area contributed by atoms with Crippen LogP contribution >= 0.6 is 11.8 Å². The van der Waals surface area contributed by atoms with E-state index in [4.69, 9.17) is 15.9 Å². The standard InChI is InChI=1S/C17H32N4O6S/c1-5-9(2)13(21-14(23)10(3)18)16(25)19-11(6-7-28-4)15(24)20-12(8-22)17(26)27/h9-13,22H,5-8,18H2,1-4H3,(H,19,25)(H,20,24)(H,21,23)(H,26,27). The van der Waals surface area contributed by atoms with Crippen LogP contribution in [0.5, 0.6) is 0 Å². The van der Waals surface area contributed by atoms with Crippen LogP contribution in [0.15, 0.2) is 0 Å². The molecule has 5 unspecified atom stereocenters. The van der Waals surface area contributed by atoms with Crippen molar-refractivity contribution < 1.29 is 29.4 Å². The van der Waals surface area contributed by atoms with Crippen molar-refractivity contribution in [2.45, 2.75) is 57.8 Å². The minimum atomic E-state index is -1.47. The van der Waals surface area contributed by atoms with Gasteiger partial charge in [0, 0.05) is 0 Å². The van der Waals surface area contributed by atoms with Crippen molar-refractivity contribution in [2.75, 3.05) is 18.6 Å². The molecule has 0 aromatic rings. The molecular formula is C17H32N4O6S. The summed E-state index contributed by atoms with van der Waals surface area (Å²) in [6.07, 6.45) is 2.69. The summed E-state index contributed by atoms with van der Waals surface area (Å²) in [5.74, 6) is -2.82. The third kappa shape index (κ3) is 8.89. The second kappa shape index (κ2) is 13.3. The summed E-state index contributed by atoms with van der Waals surface area (Å²) in [7, 11) is 0. The van der Waals surface area contributed by atoms with E-state index in [0.717, 1.165) is 0 Å². The van der Waals surface area contributed by atoms with Gasteiger partial charge in [-0.25, -0.2) is 4.79 Å². The lowest BCUT2D eigenvalue weighted by molar-refractivity contribution is -0.143. The van der Waals surface area contributed by atoms with Crippen LogP contribution in [0.25, 0.3) is 0 Å². The summed E-state index contributed by atoms with van der Waals surface area (Å²) in [6, 6.07) is -4.16. The van der Waals surface area contributed by atoms with Crippen LogP contribution in [0, 0.1) is 5.92 Å². The molecule has 0 aromatic heterocycles. The Morgan fingerprint density at radius 2 is 1.57 bits per heavy atom. The molecule has 0 fully saturated rings. The third-order valence-electron chi connectivity index (χ3n) is 4.25. The van der Waals surface area contributed by atoms with Gasteiger partial charge in [-0.15, -0.1) is 0 Å². The molecule has 5 atom stereocenters. The Hall–Kier alpha value is -1.85. The number of rotatable bonds is 13. The fourth-order valence-corrected chi connectivity index (χ4v) is 2.68. The van der Waals surface area contributed by atoms with E-state index in [1.165, 1.54) is 18.7 Å². The first-order valence-electron chi connectivity index (χ1n) is 9.08. The number of carboxylic acid groups (broad SMARTS) is 1. The van der Waals surface area contributed by atoms with E-state index in [1.54, 1.807) is 6.92 Å². The number of aliphatic hydroxyl groups excluding tert-OH is 1. The Kier molecular flexibility index (Phi) is 12.5. The van der Waals surface area contributed by atoms with Gasteiger partial charge in [0.25, 0.3) is 0 Å². The quantitative estimate of drug-likeness (QED) is 0.213. The molecule has 3 amide bonds. The lowest BCUT2D eigenvalue weighted by Gasteiger charge is -2.27. The van der Waals surface area contributed by atoms with Crippen LogP contribution in [0.1, 0.15) is 33.6 Å².